The van der Waals surface area contributed by atoms with E-state index in [1.54, 1.807) is 0 Å². The van der Waals surface area contributed by atoms with Crippen molar-refractivity contribution in [2.75, 3.05) is 19.7 Å². The Hall–Kier alpha value is -2.17. The number of imidazole rings is 1. The summed E-state index contributed by atoms with van der Waals surface area (Å²) in [5, 5.41) is 0. The number of nitrogens with zero attached hydrogens (tertiary/aromatic N) is 3. The predicted octanol–water partition coefficient (Wildman–Crippen LogP) is 3.64. The maximum absolute atomic E-state index is 6.35. The van der Waals surface area contributed by atoms with Crippen LogP contribution < -0.4 is 0 Å². The molecule has 0 radical (unpaired) electrons. The molecule has 1 saturated heterocycles. The molecule has 3 heterocycles. The van der Waals surface area contributed by atoms with Gasteiger partial charge in [0.05, 0.1) is 29.6 Å². The first-order valence-electron chi connectivity index (χ1n) is 9.58. The van der Waals surface area contributed by atoms with Crippen molar-refractivity contribution in [3.05, 3.63) is 65.5 Å². The van der Waals surface area contributed by atoms with E-state index in [4.69, 9.17) is 4.74 Å². The highest BCUT2D eigenvalue weighted by Gasteiger charge is 2.40. The van der Waals surface area contributed by atoms with E-state index in [-0.39, 0.29) is 5.60 Å². The molecular weight excluding hydrogens is 322 g/mol. The molecule has 26 heavy (non-hydrogen) atoms. The zero-order valence-electron chi connectivity index (χ0n) is 15.3. The van der Waals surface area contributed by atoms with Crippen LogP contribution in [-0.4, -0.2) is 34.1 Å². The van der Waals surface area contributed by atoms with Crippen molar-refractivity contribution in [3.63, 3.8) is 0 Å². The summed E-state index contributed by atoms with van der Waals surface area (Å²) in [6.07, 6.45) is 5.09. The molecule has 2 aliphatic rings. The number of rotatable bonds is 2. The summed E-state index contributed by atoms with van der Waals surface area (Å²) in [5.74, 6) is 0. The summed E-state index contributed by atoms with van der Waals surface area (Å²) in [6, 6.07) is 15.5. The normalized spacial score (nSPS) is 19.7. The Morgan fingerprint density at radius 1 is 1.12 bits per heavy atom. The number of aryl methyl sites for hydroxylation is 1. The van der Waals surface area contributed by atoms with Crippen molar-refractivity contribution >= 4 is 11.0 Å². The fraction of sp³-hybridized carbons (Fsp3) is 0.409. The van der Waals surface area contributed by atoms with Crippen LogP contribution in [0.25, 0.3) is 11.0 Å². The van der Waals surface area contributed by atoms with Gasteiger partial charge in [0.1, 0.15) is 0 Å². The molecule has 1 fully saturated rings. The Bertz CT molecular complexity index is 937. The Morgan fingerprint density at radius 3 is 2.85 bits per heavy atom. The van der Waals surface area contributed by atoms with Gasteiger partial charge in [-0.2, -0.15) is 0 Å². The van der Waals surface area contributed by atoms with Crippen LogP contribution in [-0.2, 0) is 30.4 Å². The first kappa shape index (κ1) is 16.0. The molecule has 0 unspecified atom stereocenters. The Labute approximate surface area is 154 Å². The van der Waals surface area contributed by atoms with Crippen molar-refractivity contribution in [2.24, 2.45) is 7.05 Å². The minimum Gasteiger partial charge on any atom is -0.370 e. The lowest BCUT2D eigenvalue weighted by Gasteiger charge is -2.45. The van der Waals surface area contributed by atoms with Crippen LogP contribution >= 0.6 is 0 Å². The first-order valence-corrected chi connectivity index (χ1v) is 9.58. The van der Waals surface area contributed by atoms with Crippen LogP contribution in [0.3, 0.4) is 0 Å². The molecule has 2 aromatic carbocycles. The fourth-order valence-electron chi connectivity index (χ4n) is 4.64. The van der Waals surface area contributed by atoms with Gasteiger partial charge in [-0.3, -0.25) is 4.90 Å². The standard InChI is InChI=1S/C22H25N3O/c1-24-16-23-20-14-17(6-7-21(20)24)15-25-11-9-22(10-12-25)19-5-3-2-4-18(19)8-13-26-22/h2-7,14,16H,8-13,15H2,1H3. The van der Waals surface area contributed by atoms with Crippen LogP contribution in [0.5, 0.6) is 0 Å². The van der Waals surface area contributed by atoms with E-state index in [0.717, 1.165) is 51.0 Å². The van der Waals surface area contributed by atoms with Gasteiger partial charge in [-0.15, -0.1) is 0 Å². The minimum absolute atomic E-state index is 0.0592. The van der Waals surface area contributed by atoms with Crippen molar-refractivity contribution in [1.29, 1.82) is 0 Å². The Morgan fingerprint density at radius 2 is 1.96 bits per heavy atom. The summed E-state index contributed by atoms with van der Waals surface area (Å²) < 4.78 is 8.42. The predicted molar refractivity (Wildman–Crippen MR) is 103 cm³/mol. The molecule has 2 aliphatic heterocycles. The average Bonchev–Trinajstić information content (AvgIpc) is 3.05. The van der Waals surface area contributed by atoms with E-state index >= 15 is 0 Å². The number of ether oxygens (including phenoxy) is 1. The van der Waals surface area contributed by atoms with Gasteiger partial charge >= 0.3 is 0 Å². The summed E-state index contributed by atoms with van der Waals surface area (Å²) >= 11 is 0. The molecule has 4 nitrogen and oxygen atoms in total. The average molecular weight is 347 g/mol. The molecule has 0 amide bonds. The van der Waals surface area contributed by atoms with Crippen LogP contribution in [0.2, 0.25) is 0 Å². The van der Waals surface area contributed by atoms with E-state index in [2.05, 4.69) is 56.9 Å². The molecule has 0 saturated carbocycles. The summed E-state index contributed by atoms with van der Waals surface area (Å²) in [7, 11) is 2.04. The third-order valence-electron chi connectivity index (χ3n) is 6.12. The van der Waals surface area contributed by atoms with Gasteiger partial charge in [0.25, 0.3) is 0 Å². The number of likely N-dealkylation sites (tertiary alicyclic amines) is 1. The molecule has 1 spiro atoms. The lowest BCUT2D eigenvalue weighted by Crippen LogP contribution is -2.46. The SMILES string of the molecule is Cn1cnc2cc(CN3CCC4(CC3)OCCc3ccccc34)ccc21. The number of piperidine rings is 1. The topological polar surface area (TPSA) is 30.3 Å². The van der Waals surface area contributed by atoms with E-state index in [1.165, 1.54) is 22.2 Å². The Balaban J connectivity index is 1.31. The molecule has 0 bridgehead atoms. The van der Waals surface area contributed by atoms with Crippen molar-refractivity contribution < 1.29 is 4.74 Å². The second kappa shape index (κ2) is 6.22. The second-order valence-corrected chi connectivity index (χ2v) is 7.70. The van der Waals surface area contributed by atoms with Crippen LogP contribution in [0.15, 0.2) is 48.8 Å². The van der Waals surface area contributed by atoms with E-state index < -0.39 is 0 Å². The van der Waals surface area contributed by atoms with Gasteiger partial charge in [0.15, 0.2) is 0 Å². The van der Waals surface area contributed by atoms with E-state index in [9.17, 15) is 0 Å². The molecule has 0 atom stereocenters. The molecule has 4 heteroatoms. The zero-order valence-corrected chi connectivity index (χ0v) is 15.3. The van der Waals surface area contributed by atoms with Crippen LogP contribution in [0.4, 0.5) is 0 Å². The van der Waals surface area contributed by atoms with Gasteiger partial charge in [-0.05, 0) is 48.1 Å². The summed E-state index contributed by atoms with van der Waals surface area (Å²) in [5.41, 5.74) is 6.48. The second-order valence-electron chi connectivity index (χ2n) is 7.70. The van der Waals surface area contributed by atoms with Gasteiger partial charge < -0.3 is 9.30 Å². The quantitative estimate of drug-likeness (QED) is 0.709. The van der Waals surface area contributed by atoms with E-state index in [0.29, 0.717) is 0 Å². The molecule has 3 aromatic rings. The first-order chi connectivity index (χ1) is 12.7. The molecule has 1 aromatic heterocycles. The molecule has 0 aliphatic carbocycles. The minimum atomic E-state index is -0.0592. The number of fused-ring (bicyclic) bond motifs is 3. The Kier molecular flexibility index (Phi) is 3.84. The number of hydrogen-bond acceptors (Lipinski definition) is 3. The van der Waals surface area contributed by atoms with Crippen LogP contribution in [0, 0.1) is 0 Å². The zero-order chi connectivity index (χ0) is 17.6. The molecule has 134 valence electrons. The maximum atomic E-state index is 6.35. The smallest absolute Gasteiger partial charge is 0.0958 e. The van der Waals surface area contributed by atoms with Crippen molar-refractivity contribution in [1.82, 2.24) is 14.5 Å². The van der Waals surface area contributed by atoms with Crippen molar-refractivity contribution in [2.45, 2.75) is 31.4 Å². The number of benzene rings is 2. The van der Waals surface area contributed by atoms with Gasteiger partial charge in [0, 0.05) is 26.7 Å². The van der Waals surface area contributed by atoms with Gasteiger partial charge in [0.2, 0.25) is 0 Å². The highest BCUT2D eigenvalue weighted by Crippen LogP contribution is 2.41. The molecular formula is C22H25N3O. The molecule has 0 N–H and O–H groups in total. The molecule has 5 rings (SSSR count). The van der Waals surface area contributed by atoms with Gasteiger partial charge in [-0.25, -0.2) is 4.98 Å². The largest absolute Gasteiger partial charge is 0.370 e. The third-order valence-corrected chi connectivity index (χ3v) is 6.12. The third kappa shape index (κ3) is 2.65. The number of hydrogen-bond donors (Lipinski definition) is 0. The van der Waals surface area contributed by atoms with Gasteiger partial charge in [-0.1, -0.05) is 30.3 Å². The fourth-order valence-corrected chi connectivity index (χ4v) is 4.64. The lowest BCUT2D eigenvalue weighted by molar-refractivity contribution is -0.0989. The summed E-state index contributed by atoms with van der Waals surface area (Å²) in [4.78, 5) is 7.04. The van der Waals surface area contributed by atoms with Crippen LogP contribution in [0.1, 0.15) is 29.5 Å². The highest BCUT2D eigenvalue weighted by atomic mass is 16.5. The van der Waals surface area contributed by atoms with E-state index in [1.807, 2.05) is 13.4 Å². The monoisotopic (exact) mass is 347 g/mol. The maximum Gasteiger partial charge on any atom is 0.0958 e. The van der Waals surface area contributed by atoms with Crippen molar-refractivity contribution in [3.8, 4) is 0 Å². The number of aromatic nitrogens is 2. The lowest BCUT2D eigenvalue weighted by atomic mass is 9.79. The highest BCUT2D eigenvalue weighted by molar-refractivity contribution is 5.75. The summed E-state index contributed by atoms with van der Waals surface area (Å²) in [6.45, 7) is 4.00.